The van der Waals surface area contributed by atoms with Crippen LogP contribution in [0, 0.1) is 0 Å². The second kappa shape index (κ2) is 7.35. The van der Waals surface area contributed by atoms with E-state index in [9.17, 15) is 19.8 Å². The Balaban J connectivity index is 1.40. The van der Waals surface area contributed by atoms with Gasteiger partial charge in [0.25, 0.3) is 11.5 Å². The number of phenolic OH excluding ortho intramolecular Hbond substituents is 1. The minimum Gasteiger partial charge on any atom is -0.508 e. The number of aliphatic hydroxyl groups excluding tert-OH is 1. The highest BCUT2D eigenvalue weighted by atomic mass is 16.3. The molecule has 5 rings (SSSR count). The predicted molar refractivity (Wildman–Crippen MR) is 114 cm³/mol. The molecule has 1 saturated carbocycles. The summed E-state index contributed by atoms with van der Waals surface area (Å²) >= 11 is 0. The molecule has 3 N–H and O–H groups in total. The average molecular weight is 417 g/mol. The molecular weight excluding hydrogens is 394 g/mol. The van der Waals surface area contributed by atoms with E-state index in [2.05, 4.69) is 17.1 Å². The zero-order valence-corrected chi connectivity index (χ0v) is 16.9. The molecule has 31 heavy (non-hydrogen) atoms. The molecule has 1 fully saturated rings. The van der Waals surface area contributed by atoms with Crippen molar-refractivity contribution < 1.29 is 15.0 Å². The first kappa shape index (κ1) is 19.5. The van der Waals surface area contributed by atoms with Gasteiger partial charge in [0.2, 0.25) is 0 Å². The van der Waals surface area contributed by atoms with Crippen LogP contribution in [0.2, 0.25) is 0 Å². The third-order valence-corrected chi connectivity index (χ3v) is 6.33. The van der Waals surface area contributed by atoms with Gasteiger partial charge in [-0.1, -0.05) is 42.5 Å². The van der Waals surface area contributed by atoms with Gasteiger partial charge in [0.05, 0.1) is 23.2 Å². The van der Waals surface area contributed by atoms with Gasteiger partial charge in [-0.2, -0.15) is 0 Å². The minimum atomic E-state index is -1.40. The molecule has 0 radical (unpaired) electrons. The van der Waals surface area contributed by atoms with Crippen molar-refractivity contribution in [3.63, 3.8) is 0 Å². The summed E-state index contributed by atoms with van der Waals surface area (Å²) in [6, 6.07) is 16.1. The van der Waals surface area contributed by atoms with E-state index in [1.54, 1.807) is 12.1 Å². The van der Waals surface area contributed by atoms with Crippen LogP contribution in [0.15, 0.2) is 59.4 Å². The van der Waals surface area contributed by atoms with E-state index >= 15 is 0 Å². The second-order valence-electron chi connectivity index (χ2n) is 8.30. The molecule has 2 aliphatic rings. The van der Waals surface area contributed by atoms with Crippen molar-refractivity contribution in [3.8, 4) is 5.75 Å². The molecule has 1 atom stereocenters. The van der Waals surface area contributed by atoms with Crippen LogP contribution in [0.4, 0.5) is 0 Å². The fraction of sp³-hybridized carbons (Fsp3) is 0.292. The number of hydrogen-bond acceptors (Lipinski definition) is 5. The number of rotatable bonds is 4. The van der Waals surface area contributed by atoms with Crippen LogP contribution >= 0.6 is 0 Å². The Morgan fingerprint density at radius 1 is 1.13 bits per heavy atom. The molecule has 1 unspecified atom stereocenters. The molecule has 7 heteroatoms. The Morgan fingerprint density at radius 3 is 2.61 bits per heavy atom. The molecule has 2 aromatic carbocycles. The molecule has 2 heterocycles. The maximum absolute atomic E-state index is 12.9. The van der Waals surface area contributed by atoms with Gasteiger partial charge in [0.1, 0.15) is 11.6 Å². The third-order valence-electron chi connectivity index (χ3n) is 6.33. The topological polar surface area (TPSA) is 107 Å². The lowest BCUT2D eigenvalue weighted by Gasteiger charge is -2.30. The molecule has 7 nitrogen and oxygen atoms in total. The van der Waals surface area contributed by atoms with E-state index in [1.807, 2.05) is 18.2 Å². The molecule has 1 aliphatic heterocycles. The van der Waals surface area contributed by atoms with E-state index < -0.39 is 12.0 Å². The highest BCUT2D eigenvalue weighted by Crippen LogP contribution is 2.51. The molecule has 1 amide bonds. The van der Waals surface area contributed by atoms with Crippen molar-refractivity contribution >= 4 is 5.91 Å². The Morgan fingerprint density at radius 2 is 1.90 bits per heavy atom. The second-order valence-corrected chi connectivity index (χ2v) is 8.30. The van der Waals surface area contributed by atoms with E-state index in [1.165, 1.54) is 17.0 Å². The zero-order chi connectivity index (χ0) is 21.6. The standard InChI is InChI=1S/C24H23N3O4/c28-17-8-4-5-15(13-17)20(29)22(31)27-12-9-19-18(14-27)21(30)26-23(25-19)24(10-11-24)16-6-2-1-3-7-16/h1-8,13,20,28-29H,9-12,14H2,(H,25,26,30). The van der Waals surface area contributed by atoms with Crippen LogP contribution in [0.3, 0.4) is 0 Å². The van der Waals surface area contributed by atoms with E-state index in [0.717, 1.165) is 24.1 Å². The maximum Gasteiger partial charge on any atom is 0.256 e. The molecule has 1 aromatic heterocycles. The van der Waals surface area contributed by atoms with Crippen LogP contribution in [-0.4, -0.2) is 37.5 Å². The van der Waals surface area contributed by atoms with Crippen molar-refractivity contribution in [2.24, 2.45) is 0 Å². The molecular formula is C24H23N3O4. The van der Waals surface area contributed by atoms with Gasteiger partial charge in [0.15, 0.2) is 6.10 Å². The predicted octanol–water partition coefficient (Wildman–Crippen LogP) is 2.17. The van der Waals surface area contributed by atoms with Crippen LogP contribution in [0.1, 0.15) is 47.2 Å². The van der Waals surface area contributed by atoms with Gasteiger partial charge in [-0.25, -0.2) is 4.98 Å². The van der Waals surface area contributed by atoms with Gasteiger partial charge in [-0.05, 0) is 36.1 Å². The number of fused-ring (bicyclic) bond motifs is 1. The summed E-state index contributed by atoms with van der Waals surface area (Å²) in [4.78, 5) is 35.0. The monoisotopic (exact) mass is 417 g/mol. The number of nitrogens with zero attached hydrogens (tertiary/aromatic N) is 2. The van der Waals surface area contributed by atoms with Crippen LogP contribution in [-0.2, 0) is 23.2 Å². The molecule has 158 valence electrons. The van der Waals surface area contributed by atoms with Crippen LogP contribution < -0.4 is 5.56 Å². The minimum absolute atomic E-state index is 0.0195. The number of carbonyl (C=O) groups excluding carboxylic acids is 1. The highest BCUT2D eigenvalue weighted by molar-refractivity contribution is 5.82. The van der Waals surface area contributed by atoms with Gasteiger partial charge in [-0.15, -0.1) is 0 Å². The first-order valence-electron chi connectivity index (χ1n) is 10.4. The lowest BCUT2D eigenvalue weighted by atomic mass is 9.94. The molecule has 1 aliphatic carbocycles. The van der Waals surface area contributed by atoms with Gasteiger partial charge < -0.3 is 20.1 Å². The highest BCUT2D eigenvalue weighted by Gasteiger charge is 2.48. The summed E-state index contributed by atoms with van der Waals surface area (Å²) in [5.74, 6) is 0.179. The molecule has 0 spiro atoms. The maximum atomic E-state index is 12.9. The number of aromatic nitrogens is 2. The fourth-order valence-electron chi connectivity index (χ4n) is 4.39. The van der Waals surface area contributed by atoms with Gasteiger partial charge in [0, 0.05) is 13.0 Å². The number of benzene rings is 2. The number of phenols is 1. The lowest BCUT2D eigenvalue weighted by molar-refractivity contribution is -0.141. The number of aromatic amines is 1. The SMILES string of the molecule is O=C(C(O)c1cccc(O)c1)N1CCc2nc(C3(c4ccccc4)CC3)[nH]c(=O)c2C1. The summed E-state index contributed by atoms with van der Waals surface area (Å²) in [5, 5.41) is 20.1. The summed E-state index contributed by atoms with van der Waals surface area (Å²) in [6.07, 6.45) is 0.946. The van der Waals surface area contributed by atoms with Crippen molar-refractivity contribution in [1.29, 1.82) is 0 Å². The summed E-state index contributed by atoms with van der Waals surface area (Å²) in [6.45, 7) is 0.473. The molecule has 3 aromatic rings. The van der Waals surface area contributed by atoms with Crippen LogP contribution in [0.5, 0.6) is 5.75 Å². The van der Waals surface area contributed by atoms with Crippen LogP contribution in [0.25, 0.3) is 0 Å². The Bertz CT molecular complexity index is 1200. The Kier molecular flexibility index (Phi) is 4.63. The lowest BCUT2D eigenvalue weighted by Crippen LogP contribution is -2.42. The average Bonchev–Trinajstić information content (AvgIpc) is 3.61. The van der Waals surface area contributed by atoms with Gasteiger partial charge in [-0.3, -0.25) is 9.59 Å². The van der Waals surface area contributed by atoms with E-state index in [4.69, 9.17) is 4.98 Å². The quantitative estimate of drug-likeness (QED) is 0.603. The number of amides is 1. The fourth-order valence-corrected chi connectivity index (χ4v) is 4.39. The number of carbonyl (C=O) groups is 1. The summed E-state index contributed by atoms with van der Waals surface area (Å²) in [5.41, 5.74) is 2.20. The summed E-state index contributed by atoms with van der Waals surface area (Å²) < 4.78 is 0. The number of H-pyrrole nitrogens is 1. The summed E-state index contributed by atoms with van der Waals surface area (Å²) in [7, 11) is 0. The van der Waals surface area contributed by atoms with Crippen molar-refractivity contribution in [2.75, 3.05) is 6.54 Å². The zero-order valence-electron chi connectivity index (χ0n) is 16.9. The third kappa shape index (κ3) is 3.41. The number of hydrogen-bond donors (Lipinski definition) is 3. The largest absolute Gasteiger partial charge is 0.508 e. The van der Waals surface area contributed by atoms with Crippen molar-refractivity contribution in [3.05, 3.63) is 93.2 Å². The van der Waals surface area contributed by atoms with Gasteiger partial charge >= 0.3 is 0 Å². The number of aromatic hydroxyl groups is 1. The Labute approximate surface area is 179 Å². The van der Waals surface area contributed by atoms with Crippen molar-refractivity contribution in [1.82, 2.24) is 14.9 Å². The smallest absolute Gasteiger partial charge is 0.256 e. The first-order chi connectivity index (χ1) is 15.0. The van der Waals surface area contributed by atoms with Crippen molar-refractivity contribution in [2.45, 2.75) is 37.3 Å². The molecule has 0 bridgehead atoms. The van der Waals surface area contributed by atoms with E-state index in [-0.39, 0.29) is 23.3 Å². The first-order valence-corrected chi connectivity index (χ1v) is 10.4. The number of aliphatic hydroxyl groups is 1. The Hall–Kier alpha value is -3.45. The van der Waals surface area contributed by atoms with E-state index in [0.29, 0.717) is 29.9 Å². The number of nitrogens with one attached hydrogen (secondary N) is 1. The molecule has 0 saturated heterocycles. The normalized spacial score (nSPS) is 17.6.